The van der Waals surface area contributed by atoms with Crippen LogP contribution in [0.5, 0.6) is 0 Å². The van der Waals surface area contributed by atoms with E-state index in [4.69, 9.17) is 0 Å². The minimum Gasteiger partial charge on any atom is -0.314 e. The highest BCUT2D eigenvalue weighted by atomic mass is 35.5. The van der Waals surface area contributed by atoms with Gasteiger partial charge in [0.05, 0.1) is 5.56 Å². The van der Waals surface area contributed by atoms with Crippen molar-refractivity contribution in [3.63, 3.8) is 0 Å². The fourth-order valence-electron chi connectivity index (χ4n) is 2.27. The lowest BCUT2D eigenvalue weighted by Gasteiger charge is -2.34. The third kappa shape index (κ3) is 4.09. The number of benzene rings is 1. The van der Waals surface area contributed by atoms with Gasteiger partial charge in [0, 0.05) is 32.2 Å². The molecule has 0 amide bonds. The summed E-state index contributed by atoms with van der Waals surface area (Å²) in [5.41, 5.74) is -0.158. The maximum absolute atomic E-state index is 12.9. The van der Waals surface area contributed by atoms with Crippen LogP contribution >= 0.6 is 12.4 Å². The quantitative estimate of drug-likeness (QED) is 0.902. The Labute approximate surface area is 117 Å². The molecule has 1 aromatic rings. The van der Waals surface area contributed by atoms with Crippen molar-refractivity contribution >= 4 is 12.4 Å². The second kappa shape index (κ2) is 6.59. The summed E-state index contributed by atoms with van der Waals surface area (Å²) in [5.74, 6) is 0. The van der Waals surface area contributed by atoms with E-state index >= 15 is 0 Å². The Morgan fingerprint density at radius 1 is 1.32 bits per heavy atom. The van der Waals surface area contributed by atoms with Crippen molar-refractivity contribution in [1.29, 1.82) is 0 Å². The summed E-state index contributed by atoms with van der Waals surface area (Å²) < 4.78 is 38.6. The van der Waals surface area contributed by atoms with Crippen LogP contribution in [0.4, 0.5) is 13.2 Å². The Kier molecular flexibility index (Phi) is 5.64. The molecule has 1 aromatic carbocycles. The molecule has 1 fully saturated rings. The van der Waals surface area contributed by atoms with Gasteiger partial charge >= 0.3 is 6.18 Å². The van der Waals surface area contributed by atoms with Gasteiger partial charge in [0.15, 0.2) is 0 Å². The molecule has 6 heteroatoms. The molecule has 0 unspecified atom stereocenters. The monoisotopic (exact) mass is 294 g/mol. The van der Waals surface area contributed by atoms with Crippen molar-refractivity contribution in [1.82, 2.24) is 10.2 Å². The van der Waals surface area contributed by atoms with E-state index in [-0.39, 0.29) is 18.4 Å². The second-order valence-electron chi connectivity index (χ2n) is 4.68. The summed E-state index contributed by atoms with van der Waals surface area (Å²) in [6.45, 7) is 4.83. The molecule has 1 heterocycles. The van der Waals surface area contributed by atoms with E-state index in [1.165, 1.54) is 6.07 Å². The highest BCUT2D eigenvalue weighted by Crippen LogP contribution is 2.32. The fraction of sp³-hybridized carbons (Fsp3) is 0.538. The Balaban J connectivity index is 0.00000180. The van der Waals surface area contributed by atoms with Crippen LogP contribution in [0.25, 0.3) is 0 Å². The number of nitrogens with one attached hydrogen (secondary N) is 1. The number of hydrogen-bond acceptors (Lipinski definition) is 2. The SMILES string of the molecule is C[C@H]1CNCCN1Cc1ccccc1C(F)(F)F.Cl. The Morgan fingerprint density at radius 2 is 2.00 bits per heavy atom. The molecule has 1 saturated heterocycles. The molecule has 19 heavy (non-hydrogen) atoms. The molecule has 0 spiro atoms. The van der Waals surface area contributed by atoms with Gasteiger partial charge in [-0.1, -0.05) is 18.2 Å². The molecule has 2 rings (SSSR count). The van der Waals surface area contributed by atoms with E-state index in [0.29, 0.717) is 12.1 Å². The molecular formula is C13H18ClF3N2. The third-order valence-corrected chi connectivity index (χ3v) is 3.34. The first-order chi connectivity index (χ1) is 8.48. The zero-order valence-electron chi connectivity index (χ0n) is 10.7. The molecule has 0 saturated carbocycles. The van der Waals surface area contributed by atoms with Crippen LogP contribution in [-0.2, 0) is 12.7 Å². The van der Waals surface area contributed by atoms with Gasteiger partial charge < -0.3 is 5.32 Å². The van der Waals surface area contributed by atoms with Gasteiger partial charge in [-0.2, -0.15) is 13.2 Å². The number of alkyl halides is 3. The summed E-state index contributed by atoms with van der Waals surface area (Å²) in [6, 6.07) is 6.09. The molecule has 108 valence electrons. The first kappa shape index (κ1) is 16.3. The predicted octanol–water partition coefficient (Wildman–Crippen LogP) is 2.92. The van der Waals surface area contributed by atoms with Gasteiger partial charge in [0.25, 0.3) is 0 Å². The Morgan fingerprint density at radius 3 is 2.63 bits per heavy atom. The van der Waals surface area contributed by atoms with Crippen molar-refractivity contribution in [3.8, 4) is 0 Å². The standard InChI is InChI=1S/C13H17F3N2.ClH/c1-10-8-17-6-7-18(10)9-11-4-2-3-5-12(11)13(14,15)16;/h2-5,10,17H,6-9H2,1H3;1H/t10-;/m0./s1. The van der Waals surface area contributed by atoms with Crippen LogP contribution in [0.2, 0.25) is 0 Å². The van der Waals surface area contributed by atoms with Crippen LogP contribution in [0.1, 0.15) is 18.1 Å². The van der Waals surface area contributed by atoms with Crippen LogP contribution in [0, 0.1) is 0 Å². The van der Waals surface area contributed by atoms with Crippen molar-refractivity contribution in [2.75, 3.05) is 19.6 Å². The molecule has 1 aliphatic heterocycles. The van der Waals surface area contributed by atoms with E-state index in [1.807, 2.05) is 6.92 Å². The number of piperazine rings is 1. The highest BCUT2D eigenvalue weighted by Gasteiger charge is 2.33. The topological polar surface area (TPSA) is 15.3 Å². The summed E-state index contributed by atoms with van der Waals surface area (Å²) >= 11 is 0. The fourth-order valence-corrected chi connectivity index (χ4v) is 2.27. The van der Waals surface area contributed by atoms with Crippen LogP contribution in [0.3, 0.4) is 0 Å². The smallest absolute Gasteiger partial charge is 0.314 e. The molecule has 0 bridgehead atoms. The molecule has 0 radical (unpaired) electrons. The first-order valence-corrected chi connectivity index (χ1v) is 6.08. The number of hydrogen-bond donors (Lipinski definition) is 1. The number of rotatable bonds is 2. The minimum atomic E-state index is -4.27. The maximum Gasteiger partial charge on any atom is 0.416 e. The summed E-state index contributed by atoms with van der Waals surface area (Å²) in [7, 11) is 0. The van der Waals surface area contributed by atoms with Gasteiger partial charge in [-0.15, -0.1) is 12.4 Å². The van der Waals surface area contributed by atoms with E-state index in [1.54, 1.807) is 12.1 Å². The zero-order chi connectivity index (χ0) is 13.2. The van der Waals surface area contributed by atoms with Crippen LogP contribution in [-0.4, -0.2) is 30.6 Å². The van der Waals surface area contributed by atoms with Gasteiger partial charge in [0.1, 0.15) is 0 Å². The van der Waals surface area contributed by atoms with E-state index < -0.39 is 11.7 Å². The number of nitrogens with zero attached hydrogens (tertiary/aromatic N) is 1. The zero-order valence-corrected chi connectivity index (χ0v) is 11.5. The molecule has 1 aliphatic rings. The van der Waals surface area contributed by atoms with Gasteiger partial charge in [0.2, 0.25) is 0 Å². The second-order valence-corrected chi connectivity index (χ2v) is 4.68. The lowest BCUT2D eigenvalue weighted by Crippen LogP contribution is -2.49. The molecule has 0 aromatic heterocycles. The molecule has 1 N–H and O–H groups in total. The first-order valence-electron chi connectivity index (χ1n) is 6.08. The summed E-state index contributed by atoms with van der Waals surface area (Å²) in [6.07, 6.45) is -4.27. The van der Waals surface area contributed by atoms with Crippen LogP contribution < -0.4 is 5.32 Å². The van der Waals surface area contributed by atoms with Crippen molar-refractivity contribution in [3.05, 3.63) is 35.4 Å². The third-order valence-electron chi connectivity index (χ3n) is 3.34. The highest BCUT2D eigenvalue weighted by molar-refractivity contribution is 5.85. The molecule has 2 nitrogen and oxygen atoms in total. The average Bonchev–Trinajstić information content (AvgIpc) is 2.31. The van der Waals surface area contributed by atoms with E-state index in [2.05, 4.69) is 10.2 Å². The van der Waals surface area contributed by atoms with E-state index in [9.17, 15) is 13.2 Å². The van der Waals surface area contributed by atoms with Crippen molar-refractivity contribution < 1.29 is 13.2 Å². The number of halogens is 4. The molecule has 1 atom stereocenters. The van der Waals surface area contributed by atoms with Crippen LogP contribution in [0.15, 0.2) is 24.3 Å². The van der Waals surface area contributed by atoms with Crippen molar-refractivity contribution in [2.45, 2.75) is 25.7 Å². The predicted molar refractivity (Wildman–Crippen MR) is 71.4 cm³/mol. The largest absolute Gasteiger partial charge is 0.416 e. The maximum atomic E-state index is 12.9. The molecule has 0 aliphatic carbocycles. The van der Waals surface area contributed by atoms with Gasteiger partial charge in [-0.25, -0.2) is 0 Å². The van der Waals surface area contributed by atoms with E-state index in [0.717, 1.165) is 25.7 Å². The Bertz CT molecular complexity index is 409. The summed E-state index contributed by atoms with van der Waals surface area (Å²) in [4.78, 5) is 2.08. The lowest BCUT2D eigenvalue weighted by molar-refractivity contribution is -0.138. The average molecular weight is 295 g/mol. The van der Waals surface area contributed by atoms with Crippen molar-refractivity contribution in [2.24, 2.45) is 0 Å². The molecular weight excluding hydrogens is 277 g/mol. The lowest BCUT2D eigenvalue weighted by atomic mass is 10.1. The minimum absolute atomic E-state index is 0. The summed E-state index contributed by atoms with van der Waals surface area (Å²) in [5, 5.41) is 3.23. The van der Waals surface area contributed by atoms with Gasteiger partial charge in [-0.3, -0.25) is 4.90 Å². The Hall–Kier alpha value is -0.780. The normalized spacial score (nSPS) is 20.9. The van der Waals surface area contributed by atoms with Gasteiger partial charge in [-0.05, 0) is 18.6 Å².